The predicted octanol–water partition coefficient (Wildman–Crippen LogP) is 0.306. The fraction of sp³-hybridized carbons (Fsp3) is 0.200. The Morgan fingerprint density at radius 2 is 2.24 bits per heavy atom. The zero-order valence-corrected chi connectivity index (χ0v) is 11.3. The maximum atomic E-state index is 11.8. The first-order chi connectivity index (χ1) is 10.1. The van der Waals surface area contributed by atoms with E-state index in [0.717, 1.165) is 11.1 Å². The van der Waals surface area contributed by atoms with Crippen molar-refractivity contribution in [2.75, 3.05) is 0 Å². The third-order valence-corrected chi connectivity index (χ3v) is 2.92. The van der Waals surface area contributed by atoms with Gasteiger partial charge in [-0.15, -0.1) is 6.42 Å². The number of carboxylic acid groups (broad SMARTS) is 1. The number of aryl methyl sites for hydroxylation is 1. The van der Waals surface area contributed by atoms with Crippen LogP contribution in [0, 0.1) is 12.3 Å². The van der Waals surface area contributed by atoms with Gasteiger partial charge < -0.3 is 9.67 Å². The van der Waals surface area contributed by atoms with Crippen molar-refractivity contribution in [2.45, 2.75) is 19.5 Å². The van der Waals surface area contributed by atoms with Crippen molar-refractivity contribution in [3.05, 3.63) is 47.1 Å². The maximum absolute atomic E-state index is 11.8. The third-order valence-electron chi connectivity index (χ3n) is 2.92. The molecule has 6 nitrogen and oxygen atoms in total. The number of hydrogen-bond donors (Lipinski definition) is 1. The summed E-state index contributed by atoms with van der Waals surface area (Å²) in [6, 6.07) is 5.07. The first-order valence-corrected chi connectivity index (χ1v) is 6.32. The molecule has 21 heavy (non-hydrogen) atoms. The summed E-state index contributed by atoms with van der Waals surface area (Å²) < 4.78 is 2.98. The van der Waals surface area contributed by atoms with Gasteiger partial charge in [-0.1, -0.05) is 10.6 Å². The molecule has 0 atom stereocenters. The van der Waals surface area contributed by atoms with Crippen molar-refractivity contribution < 1.29 is 14.6 Å². The Kier molecular flexibility index (Phi) is 4.46. The highest BCUT2D eigenvalue weighted by atomic mass is 16.4. The van der Waals surface area contributed by atoms with Crippen LogP contribution in [0.5, 0.6) is 0 Å². The number of aromatic nitrogens is 3. The maximum Gasteiger partial charge on any atom is 0.309 e. The molecule has 0 radical (unpaired) electrons. The van der Waals surface area contributed by atoms with Crippen molar-refractivity contribution in [3.8, 4) is 23.5 Å². The van der Waals surface area contributed by atoms with Crippen molar-refractivity contribution in [2.24, 2.45) is 0 Å². The predicted molar refractivity (Wildman–Crippen MR) is 75.2 cm³/mol. The molecule has 0 aliphatic heterocycles. The summed E-state index contributed by atoms with van der Waals surface area (Å²) in [5.74, 6) is 1.54. The van der Waals surface area contributed by atoms with E-state index in [9.17, 15) is 9.59 Å². The van der Waals surface area contributed by atoms with Crippen LogP contribution in [0.15, 0.2) is 41.6 Å². The smallest absolute Gasteiger partial charge is 0.309 e. The zero-order chi connectivity index (χ0) is 15.2. The lowest BCUT2D eigenvalue weighted by atomic mass is 10.1. The average Bonchev–Trinajstić information content (AvgIpc) is 2.48. The summed E-state index contributed by atoms with van der Waals surface area (Å²) in [6.07, 6.45) is 10.1. The summed E-state index contributed by atoms with van der Waals surface area (Å²) in [4.78, 5) is 22.3. The minimum absolute atomic E-state index is 0.0130. The quantitative estimate of drug-likeness (QED) is 0.633. The van der Waals surface area contributed by atoms with Crippen molar-refractivity contribution >= 4 is 5.97 Å². The number of aliphatic carboxylic acids is 1. The van der Waals surface area contributed by atoms with Crippen LogP contribution in [0.2, 0.25) is 0 Å². The Morgan fingerprint density at radius 1 is 1.43 bits per heavy atom. The van der Waals surface area contributed by atoms with E-state index >= 15 is 0 Å². The van der Waals surface area contributed by atoms with Crippen LogP contribution in [-0.2, 0) is 17.9 Å². The Morgan fingerprint density at radius 3 is 2.81 bits per heavy atom. The molecular formula is C15H14N3O3+. The molecule has 0 aliphatic carbocycles. The van der Waals surface area contributed by atoms with Gasteiger partial charge in [-0.25, -0.2) is 0 Å². The monoisotopic (exact) mass is 284 g/mol. The van der Waals surface area contributed by atoms with Gasteiger partial charge in [0.15, 0.2) is 12.7 Å². The van der Waals surface area contributed by atoms with Gasteiger partial charge in [0.05, 0.1) is 6.54 Å². The summed E-state index contributed by atoms with van der Waals surface area (Å²) >= 11 is 0. The number of pyridine rings is 1. The molecule has 0 bridgehead atoms. The van der Waals surface area contributed by atoms with Gasteiger partial charge in [0.2, 0.25) is 0 Å². The molecule has 0 aliphatic rings. The van der Waals surface area contributed by atoms with Crippen LogP contribution in [-0.4, -0.2) is 20.7 Å². The van der Waals surface area contributed by atoms with E-state index in [2.05, 4.69) is 11.0 Å². The Balaban J connectivity index is 2.19. The number of hydrogen-bond acceptors (Lipinski definition) is 3. The van der Waals surface area contributed by atoms with E-state index in [1.165, 1.54) is 15.3 Å². The second kappa shape index (κ2) is 6.48. The molecule has 2 aromatic rings. The van der Waals surface area contributed by atoms with E-state index < -0.39 is 5.97 Å². The van der Waals surface area contributed by atoms with Gasteiger partial charge in [0, 0.05) is 23.9 Å². The second-order valence-electron chi connectivity index (χ2n) is 4.41. The van der Waals surface area contributed by atoms with E-state index in [0.29, 0.717) is 6.54 Å². The molecule has 0 aromatic carbocycles. The number of nitrogens with zero attached hydrogens (tertiary/aromatic N) is 3. The summed E-state index contributed by atoms with van der Waals surface area (Å²) in [6.45, 7) is 0.542. The average molecular weight is 284 g/mol. The van der Waals surface area contributed by atoms with Gasteiger partial charge >= 0.3 is 5.97 Å². The van der Waals surface area contributed by atoms with Gasteiger partial charge in [-0.2, -0.15) is 0 Å². The summed E-state index contributed by atoms with van der Waals surface area (Å²) in [5, 5.41) is 12.7. The Labute approximate surface area is 121 Å². The van der Waals surface area contributed by atoms with Crippen molar-refractivity contribution in [1.29, 1.82) is 0 Å². The van der Waals surface area contributed by atoms with Crippen LogP contribution < -0.4 is 10.2 Å². The number of terminal acetylenes is 1. The van der Waals surface area contributed by atoms with Crippen LogP contribution in [0.25, 0.3) is 11.1 Å². The van der Waals surface area contributed by atoms with E-state index in [-0.39, 0.29) is 18.5 Å². The van der Waals surface area contributed by atoms with Crippen LogP contribution in [0.4, 0.5) is 0 Å². The number of carboxylic acids is 1. The van der Waals surface area contributed by atoms with Gasteiger partial charge in [0.1, 0.15) is 12.6 Å². The molecule has 0 saturated heterocycles. The molecule has 1 N–H and O–H groups in total. The van der Waals surface area contributed by atoms with Crippen LogP contribution in [0.1, 0.15) is 6.42 Å². The molecule has 0 fully saturated rings. The fourth-order valence-corrected chi connectivity index (χ4v) is 1.81. The summed E-state index contributed by atoms with van der Waals surface area (Å²) in [5.41, 5.74) is 1.35. The topological polar surface area (TPSA) is 76.1 Å². The lowest BCUT2D eigenvalue weighted by molar-refractivity contribution is -0.752. The zero-order valence-electron chi connectivity index (χ0n) is 11.3. The van der Waals surface area contributed by atoms with Gasteiger partial charge in [-0.05, 0) is 16.7 Å². The van der Waals surface area contributed by atoms with Crippen molar-refractivity contribution in [1.82, 2.24) is 9.67 Å². The molecule has 0 unspecified atom stereocenters. The molecular weight excluding hydrogens is 270 g/mol. The molecule has 2 aromatic heterocycles. The summed E-state index contributed by atoms with van der Waals surface area (Å²) in [7, 11) is 0. The SMILES string of the molecule is C#CCn1ccc(-c2cc[n+](CCC(=O)O)nc2)cc1=O. The Bertz CT molecular complexity index is 742. The highest BCUT2D eigenvalue weighted by Crippen LogP contribution is 2.14. The number of carbonyl (C=O) groups is 1. The molecule has 0 spiro atoms. The highest BCUT2D eigenvalue weighted by molar-refractivity contribution is 5.66. The standard InChI is InChI=1S/C15H13N3O3/c1-2-6-17-7-3-12(10-14(17)19)13-4-8-18(16-11-13)9-5-15(20)21/h1,3-4,7-8,10-11H,5-6,9H2/p+1. The Hall–Kier alpha value is -2.94. The molecule has 106 valence electrons. The largest absolute Gasteiger partial charge is 0.481 e. The molecule has 0 amide bonds. The molecule has 0 saturated carbocycles. The lowest BCUT2D eigenvalue weighted by Gasteiger charge is -2.03. The minimum atomic E-state index is -0.870. The molecule has 6 heteroatoms. The minimum Gasteiger partial charge on any atom is -0.481 e. The molecule has 2 heterocycles. The highest BCUT2D eigenvalue weighted by Gasteiger charge is 2.08. The lowest BCUT2D eigenvalue weighted by Crippen LogP contribution is -2.38. The second-order valence-corrected chi connectivity index (χ2v) is 4.41. The van der Waals surface area contributed by atoms with Crippen molar-refractivity contribution in [3.63, 3.8) is 0 Å². The third kappa shape index (κ3) is 3.76. The normalized spacial score (nSPS) is 10.0. The molecule has 2 rings (SSSR count). The first kappa shape index (κ1) is 14.5. The van der Waals surface area contributed by atoms with Crippen LogP contribution >= 0.6 is 0 Å². The van der Waals surface area contributed by atoms with E-state index in [1.807, 2.05) is 0 Å². The van der Waals surface area contributed by atoms with Gasteiger partial charge in [-0.3, -0.25) is 9.59 Å². The van der Waals surface area contributed by atoms with Gasteiger partial charge in [0.25, 0.3) is 5.56 Å². The van der Waals surface area contributed by atoms with Crippen LogP contribution in [0.3, 0.4) is 0 Å². The van der Waals surface area contributed by atoms with E-state index in [4.69, 9.17) is 11.5 Å². The van der Waals surface area contributed by atoms with E-state index in [1.54, 1.807) is 30.7 Å². The number of rotatable bonds is 5. The fourth-order valence-electron chi connectivity index (χ4n) is 1.81. The first-order valence-electron chi connectivity index (χ1n) is 6.32.